The second-order valence-corrected chi connectivity index (χ2v) is 12.7. The minimum Gasteiger partial charge on any atom is -0.453 e. The highest BCUT2D eigenvalue weighted by atomic mass is 16.5. The number of methoxy groups -OCH3 is 2. The standard InChI is InChI=1S/C36H44N8O6/c1-20(2)30(43-33(45)21(3)39-35(47)49-5)32-38-19-28(42-32)26-15-11-24(12-16-26)23-9-13-25(14-10-23)27-18-37-31(41-27)29-8-7-17-44(29)34(46)22(4)40-36(48)50-6/h9-16,18-22,29-30H,7-8,17H2,1-6H3,(H,37,41)(H,38,42)(H,39,47)(H,40,48)(H,43,45)/t21-,22-,29-,30+/m0/s1. The molecule has 4 atom stereocenters. The van der Waals surface area contributed by atoms with E-state index in [1.165, 1.54) is 14.2 Å². The van der Waals surface area contributed by atoms with E-state index in [-0.39, 0.29) is 29.8 Å². The molecule has 0 radical (unpaired) electrons. The normalized spacial score (nSPS) is 16.0. The van der Waals surface area contributed by atoms with Gasteiger partial charge >= 0.3 is 12.2 Å². The highest BCUT2D eigenvalue weighted by Crippen LogP contribution is 2.33. The number of nitrogens with zero attached hydrogens (tertiary/aromatic N) is 3. The fraction of sp³-hybridized carbons (Fsp3) is 0.389. The van der Waals surface area contributed by atoms with E-state index in [0.29, 0.717) is 18.2 Å². The van der Waals surface area contributed by atoms with E-state index in [2.05, 4.69) is 57.5 Å². The number of benzene rings is 2. The number of carbonyl (C=O) groups excluding carboxylic acids is 4. The molecule has 0 saturated carbocycles. The van der Waals surface area contributed by atoms with Crippen LogP contribution in [0.4, 0.5) is 9.59 Å². The van der Waals surface area contributed by atoms with Gasteiger partial charge in [0.25, 0.3) is 0 Å². The molecule has 2 aromatic carbocycles. The van der Waals surface area contributed by atoms with Crippen molar-refractivity contribution in [3.8, 4) is 33.6 Å². The minimum atomic E-state index is -0.773. The Morgan fingerprint density at radius 2 is 1.26 bits per heavy atom. The predicted octanol–water partition coefficient (Wildman–Crippen LogP) is 5.10. The van der Waals surface area contributed by atoms with Crippen LogP contribution in [0.5, 0.6) is 0 Å². The first-order valence-corrected chi connectivity index (χ1v) is 16.6. The average Bonchev–Trinajstić information content (AvgIpc) is 3.91. The van der Waals surface area contributed by atoms with Crippen molar-refractivity contribution >= 4 is 24.0 Å². The first kappa shape index (κ1) is 35.6. The SMILES string of the molecule is COC(=O)N[C@@H](C)C(=O)N[C@@H](c1ncc(-c2ccc(-c3ccc(-c4cnc([C@@H]5CCCN5C(=O)[C@H](C)NC(=O)OC)[nH]4)cc3)cc2)[nH]1)C(C)C. The monoisotopic (exact) mass is 684 g/mol. The molecule has 5 rings (SSSR count). The van der Waals surface area contributed by atoms with E-state index < -0.39 is 24.3 Å². The van der Waals surface area contributed by atoms with Gasteiger partial charge in [-0.1, -0.05) is 62.4 Å². The summed E-state index contributed by atoms with van der Waals surface area (Å²) in [7, 11) is 2.51. The Balaban J connectivity index is 1.23. The van der Waals surface area contributed by atoms with Gasteiger partial charge in [0.05, 0.1) is 50.1 Å². The average molecular weight is 685 g/mol. The smallest absolute Gasteiger partial charge is 0.407 e. The maximum Gasteiger partial charge on any atom is 0.407 e. The largest absolute Gasteiger partial charge is 0.453 e. The third-order valence-corrected chi connectivity index (χ3v) is 8.83. The third-order valence-electron chi connectivity index (χ3n) is 8.83. The van der Waals surface area contributed by atoms with Crippen molar-refractivity contribution in [3.63, 3.8) is 0 Å². The maximum atomic E-state index is 13.1. The topological polar surface area (TPSA) is 183 Å². The van der Waals surface area contributed by atoms with Gasteiger partial charge in [-0.15, -0.1) is 0 Å². The van der Waals surface area contributed by atoms with Crippen LogP contribution in [0, 0.1) is 5.92 Å². The molecule has 14 nitrogen and oxygen atoms in total. The predicted molar refractivity (Wildman–Crippen MR) is 186 cm³/mol. The molecule has 4 amide bonds. The van der Waals surface area contributed by atoms with Gasteiger partial charge in [-0.05, 0) is 54.9 Å². The van der Waals surface area contributed by atoms with Crippen molar-refractivity contribution in [1.82, 2.24) is 40.8 Å². The molecule has 0 aliphatic carbocycles. The summed E-state index contributed by atoms with van der Waals surface area (Å²) in [4.78, 5) is 66.6. The molecule has 3 heterocycles. The summed E-state index contributed by atoms with van der Waals surface area (Å²) in [6.07, 6.45) is 3.84. The van der Waals surface area contributed by atoms with E-state index in [4.69, 9.17) is 0 Å². The number of imidazole rings is 2. The number of hydrogen-bond donors (Lipinski definition) is 5. The lowest BCUT2D eigenvalue weighted by Gasteiger charge is -2.26. The van der Waals surface area contributed by atoms with E-state index in [0.717, 1.165) is 46.5 Å². The molecule has 4 aromatic rings. The Labute approximate surface area is 290 Å². The highest BCUT2D eigenvalue weighted by molar-refractivity contribution is 5.86. The molecule has 0 bridgehead atoms. The molecular formula is C36H44N8O6. The van der Waals surface area contributed by atoms with Gasteiger partial charge in [0.2, 0.25) is 11.8 Å². The molecule has 1 aliphatic heterocycles. The molecule has 0 spiro atoms. The van der Waals surface area contributed by atoms with Gasteiger partial charge in [-0.3, -0.25) is 9.59 Å². The van der Waals surface area contributed by atoms with Crippen LogP contribution in [0.1, 0.15) is 64.3 Å². The van der Waals surface area contributed by atoms with Gasteiger partial charge < -0.3 is 40.3 Å². The Hall–Kier alpha value is -5.66. The Bertz CT molecular complexity index is 1720. The van der Waals surface area contributed by atoms with Crippen molar-refractivity contribution in [1.29, 1.82) is 0 Å². The summed E-state index contributed by atoms with van der Waals surface area (Å²) in [6, 6.07) is 14.2. The Morgan fingerprint density at radius 1 is 0.740 bits per heavy atom. The van der Waals surface area contributed by atoms with E-state index in [1.54, 1.807) is 31.1 Å². The lowest BCUT2D eigenvalue weighted by molar-refractivity contribution is -0.134. The molecule has 14 heteroatoms. The van der Waals surface area contributed by atoms with Gasteiger partial charge in [-0.25, -0.2) is 19.6 Å². The lowest BCUT2D eigenvalue weighted by atomic mass is 10.0. The van der Waals surface area contributed by atoms with Crippen LogP contribution in [0.15, 0.2) is 60.9 Å². The van der Waals surface area contributed by atoms with Gasteiger partial charge in [0, 0.05) is 6.54 Å². The molecule has 1 saturated heterocycles. The second kappa shape index (κ2) is 15.7. The highest BCUT2D eigenvalue weighted by Gasteiger charge is 2.35. The number of hydrogen-bond acceptors (Lipinski definition) is 8. The zero-order valence-electron chi connectivity index (χ0n) is 29.1. The lowest BCUT2D eigenvalue weighted by Crippen LogP contribution is -2.46. The first-order chi connectivity index (χ1) is 24.0. The fourth-order valence-corrected chi connectivity index (χ4v) is 5.97. The van der Waals surface area contributed by atoms with E-state index >= 15 is 0 Å². The van der Waals surface area contributed by atoms with Crippen molar-refractivity contribution in [2.75, 3.05) is 20.8 Å². The van der Waals surface area contributed by atoms with Crippen LogP contribution in [0.3, 0.4) is 0 Å². The van der Waals surface area contributed by atoms with Crippen molar-refractivity contribution in [2.45, 2.75) is 64.7 Å². The molecule has 1 aliphatic rings. The minimum absolute atomic E-state index is 0.0363. The summed E-state index contributed by atoms with van der Waals surface area (Å²) >= 11 is 0. The number of aromatic amines is 2. The van der Waals surface area contributed by atoms with Crippen molar-refractivity contribution < 1.29 is 28.7 Å². The maximum absolute atomic E-state index is 13.1. The molecule has 2 aromatic heterocycles. The molecule has 1 fully saturated rings. The van der Waals surface area contributed by atoms with Crippen molar-refractivity contribution in [3.05, 3.63) is 72.6 Å². The number of alkyl carbamates (subject to hydrolysis) is 2. The number of rotatable bonds is 11. The summed E-state index contributed by atoms with van der Waals surface area (Å²) in [6.45, 7) is 7.80. The van der Waals surface area contributed by atoms with Gasteiger partial charge in [0.1, 0.15) is 23.7 Å². The number of likely N-dealkylation sites (tertiary alicyclic amines) is 1. The Morgan fingerprint density at radius 3 is 1.82 bits per heavy atom. The molecule has 50 heavy (non-hydrogen) atoms. The van der Waals surface area contributed by atoms with Gasteiger partial charge in [-0.2, -0.15) is 0 Å². The number of ether oxygens (including phenoxy) is 2. The molecule has 0 unspecified atom stereocenters. The number of amides is 4. The molecule has 5 N–H and O–H groups in total. The summed E-state index contributed by atoms with van der Waals surface area (Å²) in [5.74, 6) is 0.847. The molecular weight excluding hydrogens is 640 g/mol. The molecule has 264 valence electrons. The first-order valence-electron chi connectivity index (χ1n) is 16.6. The van der Waals surface area contributed by atoms with E-state index in [1.807, 2.05) is 50.2 Å². The summed E-state index contributed by atoms with van der Waals surface area (Å²) < 4.78 is 9.22. The number of nitrogens with one attached hydrogen (secondary N) is 5. The van der Waals surface area contributed by atoms with Crippen LogP contribution < -0.4 is 16.0 Å². The van der Waals surface area contributed by atoms with E-state index in [9.17, 15) is 19.2 Å². The summed E-state index contributed by atoms with van der Waals surface area (Å²) in [5, 5.41) is 7.99. The van der Waals surface area contributed by atoms with Crippen LogP contribution in [0.25, 0.3) is 33.6 Å². The summed E-state index contributed by atoms with van der Waals surface area (Å²) in [5.41, 5.74) is 5.66. The van der Waals surface area contributed by atoms with Crippen LogP contribution in [-0.2, 0) is 19.1 Å². The third kappa shape index (κ3) is 8.13. The number of H-pyrrole nitrogens is 2. The fourth-order valence-electron chi connectivity index (χ4n) is 5.97. The van der Waals surface area contributed by atoms with Crippen LogP contribution in [-0.4, -0.2) is 81.7 Å². The Kier molecular flexibility index (Phi) is 11.2. The van der Waals surface area contributed by atoms with Crippen molar-refractivity contribution in [2.24, 2.45) is 5.92 Å². The zero-order chi connectivity index (χ0) is 35.9. The van der Waals surface area contributed by atoms with Crippen LogP contribution in [0.2, 0.25) is 0 Å². The second-order valence-electron chi connectivity index (χ2n) is 12.7. The number of aromatic nitrogens is 4. The van der Waals surface area contributed by atoms with Crippen LogP contribution >= 0.6 is 0 Å². The quantitative estimate of drug-likeness (QED) is 0.145. The van der Waals surface area contributed by atoms with Gasteiger partial charge in [0.15, 0.2) is 0 Å². The number of carbonyl (C=O) groups is 4. The zero-order valence-corrected chi connectivity index (χ0v) is 29.1.